The quantitative estimate of drug-likeness (QED) is 0.619. The number of carboxylic acid groups (broad SMARTS) is 1. The molecule has 0 aromatic carbocycles. The lowest BCUT2D eigenvalue weighted by atomic mass is 10.4. The van der Waals surface area contributed by atoms with Gasteiger partial charge in [0.05, 0.1) is 0 Å². The van der Waals surface area contributed by atoms with E-state index in [-0.39, 0.29) is 6.42 Å². The van der Waals surface area contributed by atoms with Gasteiger partial charge < -0.3 is 5.11 Å². The van der Waals surface area contributed by atoms with Crippen LogP contribution in [0.3, 0.4) is 0 Å². The third kappa shape index (κ3) is 0.844. The molecular formula is C4H4BrFO2. The number of carbonyl (C=O) groups is 1. The Morgan fingerprint density at radius 1 is 2.00 bits per heavy atom. The van der Waals surface area contributed by atoms with Gasteiger partial charge in [-0.2, -0.15) is 0 Å². The fourth-order valence-corrected chi connectivity index (χ4v) is 1.00. The fraction of sp³-hybridized carbons (Fsp3) is 0.750. The van der Waals surface area contributed by atoms with Gasteiger partial charge in [0.25, 0.3) is 0 Å². The van der Waals surface area contributed by atoms with E-state index in [9.17, 15) is 9.18 Å². The van der Waals surface area contributed by atoms with Gasteiger partial charge in [0, 0.05) is 6.42 Å². The number of alkyl halides is 2. The van der Waals surface area contributed by atoms with Gasteiger partial charge in [0.1, 0.15) is 5.92 Å². The van der Waals surface area contributed by atoms with Crippen LogP contribution in [-0.2, 0) is 4.79 Å². The van der Waals surface area contributed by atoms with Crippen molar-refractivity contribution in [3.8, 4) is 0 Å². The van der Waals surface area contributed by atoms with Gasteiger partial charge in [-0.3, -0.25) is 4.79 Å². The summed E-state index contributed by atoms with van der Waals surface area (Å²) in [6.07, 6.45) is 0.0995. The monoisotopic (exact) mass is 182 g/mol. The molecule has 1 rings (SSSR count). The molecule has 0 amide bonds. The standard InChI is InChI=1S/C4H4BrFO2/c5-4(6)1-2(4)3(7)8/h2H,1H2,(H,7,8)/t2-,4-/m0/s1. The van der Waals surface area contributed by atoms with E-state index < -0.39 is 16.5 Å². The summed E-state index contributed by atoms with van der Waals surface area (Å²) in [5, 5.41) is 8.12. The van der Waals surface area contributed by atoms with E-state index in [0.717, 1.165) is 0 Å². The Morgan fingerprint density at radius 3 is 2.38 bits per heavy atom. The molecule has 0 aliphatic heterocycles. The Hall–Kier alpha value is -0.120. The molecule has 0 unspecified atom stereocenters. The molecule has 1 saturated carbocycles. The second kappa shape index (κ2) is 1.43. The lowest BCUT2D eigenvalue weighted by molar-refractivity contribution is -0.139. The SMILES string of the molecule is O=C(O)[C@@H]1C[C@@]1(F)Br. The van der Waals surface area contributed by atoms with Gasteiger partial charge in [-0.1, -0.05) is 0 Å². The molecular weight excluding hydrogens is 179 g/mol. The first-order chi connectivity index (χ1) is 3.54. The highest BCUT2D eigenvalue weighted by atomic mass is 79.9. The van der Waals surface area contributed by atoms with Crippen LogP contribution < -0.4 is 0 Å². The summed E-state index contributed by atoms with van der Waals surface area (Å²) in [4.78, 5) is 9.91. The van der Waals surface area contributed by atoms with Crippen molar-refractivity contribution in [1.29, 1.82) is 0 Å². The maximum absolute atomic E-state index is 12.2. The maximum Gasteiger partial charge on any atom is 0.310 e. The van der Waals surface area contributed by atoms with Crippen LogP contribution in [0.1, 0.15) is 6.42 Å². The molecule has 2 atom stereocenters. The second-order valence-corrected chi connectivity index (χ2v) is 3.17. The number of hydrogen-bond acceptors (Lipinski definition) is 1. The van der Waals surface area contributed by atoms with E-state index in [1.807, 2.05) is 0 Å². The second-order valence-electron chi connectivity index (χ2n) is 1.86. The van der Waals surface area contributed by atoms with Crippen LogP contribution in [0.15, 0.2) is 0 Å². The molecule has 1 aliphatic carbocycles. The molecule has 4 heteroatoms. The molecule has 0 spiro atoms. The highest BCUT2D eigenvalue weighted by molar-refractivity contribution is 9.10. The summed E-state index contributed by atoms with van der Waals surface area (Å²) in [7, 11) is 0. The molecule has 46 valence electrons. The van der Waals surface area contributed by atoms with Crippen LogP contribution in [0, 0.1) is 5.92 Å². The zero-order chi connectivity index (χ0) is 6.36. The zero-order valence-electron chi connectivity index (χ0n) is 3.90. The van der Waals surface area contributed by atoms with Crippen LogP contribution >= 0.6 is 15.9 Å². The van der Waals surface area contributed by atoms with E-state index >= 15 is 0 Å². The van der Waals surface area contributed by atoms with Gasteiger partial charge in [-0.25, -0.2) is 4.39 Å². The summed E-state index contributed by atoms with van der Waals surface area (Å²) >= 11 is 2.61. The van der Waals surface area contributed by atoms with Crippen LogP contribution in [0.5, 0.6) is 0 Å². The molecule has 0 saturated heterocycles. The summed E-state index contributed by atoms with van der Waals surface area (Å²) in [5.41, 5.74) is 0. The van der Waals surface area contributed by atoms with Crippen molar-refractivity contribution in [1.82, 2.24) is 0 Å². The smallest absolute Gasteiger partial charge is 0.310 e. The van der Waals surface area contributed by atoms with Crippen LogP contribution in [0.4, 0.5) is 4.39 Å². The first-order valence-electron chi connectivity index (χ1n) is 2.14. The highest BCUT2D eigenvalue weighted by Gasteiger charge is 2.58. The molecule has 1 fully saturated rings. The van der Waals surface area contributed by atoms with Crippen LogP contribution in [0.2, 0.25) is 0 Å². The fourth-order valence-electron chi connectivity index (χ4n) is 0.481. The van der Waals surface area contributed by atoms with Crippen LogP contribution in [-0.4, -0.2) is 15.7 Å². The van der Waals surface area contributed by atoms with Crippen molar-refractivity contribution in [2.45, 2.75) is 11.0 Å². The normalized spacial score (nSPS) is 44.0. The Bertz CT molecular complexity index is 134. The zero-order valence-corrected chi connectivity index (χ0v) is 5.48. The number of halogens is 2. The summed E-state index contributed by atoms with van der Waals surface area (Å²) < 4.78 is 10.7. The number of aliphatic carboxylic acids is 1. The number of carboxylic acids is 1. The first kappa shape index (κ1) is 6.01. The third-order valence-electron chi connectivity index (χ3n) is 1.12. The van der Waals surface area contributed by atoms with Crippen molar-refractivity contribution in [3.63, 3.8) is 0 Å². The van der Waals surface area contributed by atoms with E-state index in [1.54, 1.807) is 0 Å². The highest BCUT2D eigenvalue weighted by Crippen LogP contribution is 2.52. The molecule has 2 nitrogen and oxygen atoms in total. The predicted octanol–water partition coefficient (Wildman–Crippen LogP) is 1.15. The molecule has 0 radical (unpaired) electrons. The lowest BCUT2D eigenvalue weighted by Gasteiger charge is -1.88. The summed E-state index contributed by atoms with van der Waals surface area (Å²) in [5.74, 6) is -1.88. The summed E-state index contributed by atoms with van der Waals surface area (Å²) in [6.45, 7) is 0. The van der Waals surface area contributed by atoms with Gasteiger partial charge in [0.15, 0.2) is 4.58 Å². The maximum atomic E-state index is 12.2. The van der Waals surface area contributed by atoms with Gasteiger partial charge >= 0.3 is 5.97 Å². The molecule has 0 bridgehead atoms. The van der Waals surface area contributed by atoms with E-state index in [2.05, 4.69) is 15.9 Å². The molecule has 0 aromatic heterocycles. The Balaban J connectivity index is 2.48. The largest absolute Gasteiger partial charge is 0.481 e. The van der Waals surface area contributed by atoms with E-state index in [0.29, 0.717) is 0 Å². The summed E-state index contributed by atoms with van der Waals surface area (Å²) in [6, 6.07) is 0. The van der Waals surface area contributed by atoms with Crippen LogP contribution in [0.25, 0.3) is 0 Å². The molecule has 0 heterocycles. The van der Waals surface area contributed by atoms with Crippen molar-refractivity contribution >= 4 is 21.9 Å². The predicted molar refractivity (Wildman–Crippen MR) is 28.5 cm³/mol. The van der Waals surface area contributed by atoms with E-state index in [1.165, 1.54) is 0 Å². The minimum Gasteiger partial charge on any atom is -0.481 e. The van der Waals surface area contributed by atoms with Crippen molar-refractivity contribution in [3.05, 3.63) is 0 Å². The topological polar surface area (TPSA) is 37.3 Å². The number of rotatable bonds is 1. The average molecular weight is 183 g/mol. The Kier molecular flexibility index (Phi) is 1.08. The lowest BCUT2D eigenvalue weighted by Crippen LogP contribution is -2.03. The first-order valence-corrected chi connectivity index (χ1v) is 2.94. The molecule has 1 aliphatic rings. The van der Waals surface area contributed by atoms with Gasteiger partial charge in [0.2, 0.25) is 0 Å². The molecule has 8 heavy (non-hydrogen) atoms. The Labute approximate surface area is 53.8 Å². The van der Waals surface area contributed by atoms with Crippen molar-refractivity contribution in [2.24, 2.45) is 5.92 Å². The van der Waals surface area contributed by atoms with Gasteiger partial charge in [-0.05, 0) is 15.9 Å². The van der Waals surface area contributed by atoms with E-state index in [4.69, 9.17) is 5.11 Å². The molecule has 1 N–H and O–H groups in total. The van der Waals surface area contributed by atoms with Crippen molar-refractivity contribution < 1.29 is 14.3 Å². The minimum absolute atomic E-state index is 0.0995. The number of hydrogen-bond donors (Lipinski definition) is 1. The Morgan fingerprint density at radius 2 is 2.38 bits per heavy atom. The van der Waals surface area contributed by atoms with Gasteiger partial charge in [-0.15, -0.1) is 0 Å². The van der Waals surface area contributed by atoms with Crippen molar-refractivity contribution in [2.75, 3.05) is 0 Å². The molecule has 0 aromatic rings. The third-order valence-corrected chi connectivity index (χ3v) is 2.00. The average Bonchev–Trinajstić information content (AvgIpc) is 2.13. The minimum atomic E-state index is -1.60.